The van der Waals surface area contributed by atoms with Gasteiger partial charge in [0.15, 0.2) is 0 Å². The van der Waals surface area contributed by atoms with E-state index < -0.39 is 27.9 Å². The average Bonchev–Trinajstić information content (AvgIpc) is 3.55. The van der Waals surface area contributed by atoms with Gasteiger partial charge in [0.25, 0.3) is 5.91 Å². The van der Waals surface area contributed by atoms with Crippen LogP contribution in [-0.2, 0) is 27.7 Å². The third-order valence-corrected chi connectivity index (χ3v) is 9.25. The van der Waals surface area contributed by atoms with E-state index in [1.54, 1.807) is 11.6 Å². The fourth-order valence-electron chi connectivity index (χ4n) is 5.31. The second-order valence-electron chi connectivity index (χ2n) is 9.88. The van der Waals surface area contributed by atoms with Crippen molar-refractivity contribution in [1.82, 2.24) is 14.8 Å². The lowest BCUT2D eigenvalue weighted by molar-refractivity contribution is -0.124. The van der Waals surface area contributed by atoms with Crippen LogP contribution in [0.25, 0.3) is 17.0 Å². The first-order chi connectivity index (χ1) is 19.2. The second kappa shape index (κ2) is 11.1. The molecule has 0 saturated heterocycles. The molecule has 1 atom stereocenters. The number of fused-ring (bicyclic) bond motifs is 2. The largest absolute Gasteiger partial charge is 0.478 e. The number of nitrogens with one attached hydrogen (secondary N) is 2. The molecule has 206 valence electrons. The number of carboxylic acids is 1. The summed E-state index contributed by atoms with van der Waals surface area (Å²) in [5.74, 6) is -1.77. The van der Waals surface area contributed by atoms with Crippen LogP contribution in [0.5, 0.6) is 0 Å². The first kappa shape index (κ1) is 27.3. The number of sulfonamides is 1. The maximum Gasteiger partial charge on any atom is 0.335 e. The third-order valence-electron chi connectivity index (χ3n) is 7.33. The van der Waals surface area contributed by atoms with E-state index in [0.717, 1.165) is 38.7 Å². The number of aromatic amines is 1. The van der Waals surface area contributed by atoms with Crippen LogP contribution in [0.1, 0.15) is 50.6 Å². The number of rotatable bonds is 9. The molecule has 5 rings (SSSR count). The number of benzene rings is 3. The molecule has 0 aliphatic heterocycles. The number of carbonyl (C=O) groups excluding carboxylic acids is 1. The lowest BCUT2D eigenvalue weighted by Crippen LogP contribution is -2.35. The van der Waals surface area contributed by atoms with Crippen molar-refractivity contribution in [2.45, 2.75) is 37.1 Å². The van der Waals surface area contributed by atoms with Gasteiger partial charge in [-0.3, -0.25) is 10.0 Å². The molecule has 0 saturated carbocycles. The highest BCUT2D eigenvalue weighted by Crippen LogP contribution is 2.39. The number of aromatic carboxylic acids is 1. The summed E-state index contributed by atoms with van der Waals surface area (Å²) in [6, 6.07) is 16.6. The number of hydroxylamine groups is 1. The van der Waals surface area contributed by atoms with Gasteiger partial charge in [-0.1, -0.05) is 30.3 Å². The van der Waals surface area contributed by atoms with E-state index in [2.05, 4.69) is 11.1 Å². The summed E-state index contributed by atoms with van der Waals surface area (Å²) in [4.78, 5) is 26.0. The monoisotopic (exact) mass is 559 g/mol. The highest BCUT2D eigenvalue weighted by atomic mass is 32.2. The number of amides is 1. The average molecular weight is 560 g/mol. The maximum absolute atomic E-state index is 14.0. The van der Waals surface area contributed by atoms with Crippen LogP contribution in [0.3, 0.4) is 0 Å². The van der Waals surface area contributed by atoms with E-state index in [9.17, 15) is 23.1 Å². The molecule has 9 nitrogen and oxygen atoms in total. The molecule has 1 aliphatic rings. The van der Waals surface area contributed by atoms with Gasteiger partial charge in [0.2, 0.25) is 10.0 Å². The Morgan fingerprint density at radius 3 is 2.60 bits per heavy atom. The van der Waals surface area contributed by atoms with Crippen LogP contribution in [0.15, 0.2) is 77.8 Å². The zero-order valence-electron chi connectivity index (χ0n) is 21.8. The maximum atomic E-state index is 14.0. The van der Waals surface area contributed by atoms with Crippen molar-refractivity contribution < 1.29 is 28.3 Å². The van der Waals surface area contributed by atoms with Crippen LogP contribution in [0.4, 0.5) is 0 Å². The Morgan fingerprint density at radius 2 is 1.88 bits per heavy atom. The summed E-state index contributed by atoms with van der Waals surface area (Å²) >= 11 is 0. The first-order valence-electron chi connectivity index (χ1n) is 12.8. The molecule has 1 heterocycles. The van der Waals surface area contributed by atoms with Gasteiger partial charge in [-0.25, -0.2) is 18.7 Å². The fourth-order valence-corrected chi connectivity index (χ4v) is 6.95. The molecular weight excluding hydrogens is 530 g/mol. The summed E-state index contributed by atoms with van der Waals surface area (Å²) in [6.45, 7) is 2.25. The Bertz CT molecular complexity index is 1720. The number of carbonyl (C=O) groups is 2. The number of H-pyrrole nitrogens is 1. The van der Waals surface area contributed by atoms with Crippen molar-refractivity contribution in [2.24, 2.45) is 0 Å². The van der Waals surface area contributed by atoms with Gasteiger partial charge in [-0.2, -0.15) is 4.31 Å². The summed E-state index contributed by atoms with van der Waals surface area (Å²) < 4.78 is 29.6. The van der Waals surface area contributed by atoms with E-state index in [0.29, 0.717) is 19.3 Å². The molecule has 4 aromatic rings. The number of aryl methyl sites for hydroxylation is 2. The smallest absolute Gasteiger partial charge is 0.335 e. The van der Waals surface area contributed by atoms with Crippen LogP contribution in [0.2, 0.25) is 0 Å². The highest BCUT2D eigenvalue weighted by Gasteiger charge is 2.36. The Labute approximate surface area is 231 Å². The number of nitrogens with zero attached hydrogens (tertiary/aromatic N) is 1. The van der Waals surface area contributed by atoms with Crippen LogP contribution in [0, 0.1) is 6.92 Å². The molecular formula is C30H29N3O6S. The van der Waals surface area contributed by atoms with Gasteiger partial charge in [0.05, 0.1) is 16.5 Å². The van der Waals surface area contributed by atoms with E-state index in [4.69, 9.17) is 5.21 Å². The predicted molar refractivity (Wildman–Crippen MR) is 150 cm³/mol. The quantitative estimate of drug-likeness (QED) is 0.134. The predicted octanol–water partition coefficient (Wildman–Crippen LogP) is 4.61. The molecule has 4 N–H and O–H groups in total. The molecule has 0 spiro atoms. The van der Waals surface area contributed by atoms with E-state index in [1.165, 1.54) is 34.6 Å². The lowest BCUT2D eigenvalue weighted by atomic mass is 10.0. The first-order valence-corrected chi connectivity index (χ1v) is 14.3. The van der Waals surface area contributed by atoms with Gasteiger partial charge in [-0.05, 0) is 90.4 Å². The number of hydrogen-bond donors (Lipinski definition) is 4. The Morgan fingerprint density at radius 1 is 1.10 bits per heavy atom. The van der Waals surface area contributed by atoms with Crippen molar-refractivity contribution >= 4 is 38.9 Å². The Kier molecular flexibility index (Phi) is 7.57. The standard InChI is InChI=1S/C30H29N3O6S/c1-19-2-10-25-23(18-31-27(25)16-19)14-15-33(40(38,39)24-8-5-21(6-9-24)30(35)36)28-12-7-22-17-20(3-11-26(22)28)4-13-29(34)32-37/h2-6,8-11,13,16-18,28,31,37H,7,12,14-15H2,1H3,(H,32,34)(H,35,36). The number of aromatic nitrogens is 1. The molecule has 1 aromatic heterocycles. The van der Waals surface area contributed by atoms with E-state index in [1.807, 2.05) is 43.5 Å². The molecule has 3 aromatic carbocycles. The highest BCUT2D eigenvalue weighted by molar-refractivity contribution is 7.89. The van der Waals surface area contributed by atoms with Gasteiger partial charge < -0.3 is 10.1 Å². The zero-order valence-corrected chi connectivity index (χ0v) is 22.6. The Balaban J connectivity index is 1.49. The van der Waals surface area contributed by atoms with E-state index >= 15 is 0 Å². The van der Waals surface area contributed by atoms with Crippen LogP contribution < -0.4 is 5.48 Å². The molecule has 1 aliphatic carbocycles. The Hall–Kier alpha value is -4.25. The molecule has 10 heteroatoms. The van der Waals surface area contributed by atoms with Crippen LogP contribution in [-0.4, -0.2) is 46.4 Å². The summed E-state index contributed by atoms with van der Waals surface area (Å²) in [5.41, 5.74) is 7.35. The zero-order chi connectivity index (χ0) is 28.4. The molecule has 0 fully saturated rings. The minimum Gasteiger partial charge on any atom is -0.478 e. The topological polar surface area (TPSA) is 140 Å². The summed E-state index contributed by atoms with van der Waals surface area (Å²) in [6.07, 6.45) is 6.44. The third kappa shape index (κ3) is 5.42. The van der Waals surface area contributed by atoms with Gasteiger partial charge in [0.1, 0.15) is 0 Å². The SMILES string of the molecule is Cc1ccc2c(CCN(C3CCc4cc(C=CC(=O)NO)ccc43)S(=O)(=O)c3ccc(C(=O)O)cc3)c[nH]c2c1. The minimum atomic E-state index is -3.98. The van der Waals surface area contributed by atoms with Crippen molar-refractivity contribution in [3.05, 3.63) is 106 Å². The van der Waals surface area contributed by atoms with Crippen molar-refractivity contribution in [1.29, 1.82) is 0 Å². The van der Waals surface area contributed by atoms with Gasteiger partial charge in [0, 0.05) is 29.7 Å². The minimum absolute atomic E-state index is 0.0151. The number of hydrogen-bond acceptors (Lipinski definition) is 5. The van der Waals surface area contributed by atoms with Crippen molar-refractivity contribution in [3.63, 3.8) is 0 Å². The second-order valence-corrected chi connectivity index (χ2v) is 11.8. The molecule has 0 bridgehead atoms. The van der Waals surface area contributed by atoms with Gasteiger partial charge >= 0.3 is 5.97 Å². The molecule has 0 radical (unpaired) electrons. The normalized spacial score (nSPS) is 15.1. The van der Waals surface area contributed by atoms with Gasteiger partial charge in [-0.15, -0.1) is 0 Å². The molecule has 40 heavy (non-hydrogen) atoms. The molecule has 1 unspecified atom stereocenters. The fraction of sp³-hybridized carbons (Fsp3) is 0.200. The van der Waals surface area contributed by atoms with Crippen molar-refractivity contribution in [2.75, 3.05) is 6.54 Å². The lowest BCUT2D eigenvalue weighted by Gasteiger charge is -2.29. The summed E-state index contributed by atoms with van der Waals surface area (Å²) in [7, 11) is -3.98. The summed E-state index contributed by atoms with van der Waals surface area (Å²) in [5, 5.41) is 19.0. The van der Waals surface area contributed by atoms with Crippen LogP contribution >= 0.6 is 0 Å². The van der Waals surface area contributed by atoms with E-state index in [-0.39, 0.29) is 17.0 Å². The number of carboxylic acid groups (broad SMARTS) is 1. The molecule has 1 amide bonds. The van der Waals surface area contributed by atoms with Crippen molar-refractivity contribution in [3.8, 4) is 0 Å².